The van der Waals surface area contributed by atoms with Crippen LogP contribution in [0.5, 0.6) is 17.2 Å². The van der Waals surface area contributed by atoms with Gasteiger partial charge in [-0.2, -0.15) is 5.10 Å². The Morgan fingerprint density at radius 3 is 2.38 bits per heavy atom. The molecule has 0 heterocycles. The monoisotopic (exact) mass is 553 g/mol. The molecule has 32 heavy (non-hydrogen) atoms. The standard InChI is InChI=1S/C23H28IN3O5/c1-6-32-19-12-15(11-18(24)21(19)31-5)13-25-27-23(29)20(14(2)3)26-22(28)16-7-9-17(30-4)10-8-16/h7-14,20H,6H2,1-5H3,(H,26,28)(H,27,29). The Kier molecular flexibility index (Phi) is 9.76. The molecule has 0 aliphatic carbocycles. The summed E-state index contributed by atoms with van der Waals surface area (Å²) in [4.78, 5) is 25.2. The molecule has 0 saturated carbocycles. The van der Waals surface area contributed by atoms with E-state index in [9.17, 15) is 9.59 Å². The summed E-state index contributed by atoms with van der Waals surface area (Å²) in [5.74, 6) is 0.993. The Bertz CT molecular complexity index is 961. The number of hydrogen-bond acceptors (Lipinski definition) is 6. The van der Waals surface area contributed by atoms with Crippen LogP contribution in [0.1, 0.15) is 36.7 Å². The van der Waals surface area contributed by atoms with Gasteiger partial charge in [-0.3, -0.25) is 9.59 Å². The van der Waals surface area contributed by atoms with E-state index in [1.165, 1.54) is 6.21 Å². The normalized spacial score (nSPS) is 11.8. The summed E-state index contributed by atoms with van der Waals surface area (Å²) in [5.41, 5.74) is 3.68. The number of hydrogen-bond donors (Lipinski definition) is 2. The maximum atomic E-state index is 12.7. The fourth-order valence-corrected chi connectivity index (χ4v) is 3.71. The highest BCUT2D eigenvalue weighted by molar-refractivity contribution is 14.1. The van der Waals surface area contributed by atoms with Crippen LogP contribution in [-0.2, 0) is 4.79 Å². The second-order valence-electron chi connectivity index (χ2n) is 7.13. The molecule has 9 heteroatoms. The van der Waals surface area contributed by atoms with Gasteiger partial charge >= 0.3 is 0 Å². The number of nitrogens with zero attached hydrogens (tertiary/aromatic N) is 1. The zero-order chi connectivity index (χ0) is 23.7. The van der Waals surface area contributed by atoms with Gasteiger partial charge in [0.1, 0.15) is 11.8 Å². The van der Waals surface area contributed by atoms with Gasteiger partial charge in [0, 0.05) is 5.56 Å². The molecule has 1 unspecified atom stereocenters. The first-order valence-electron chi connectivity index (χ1n) is 10.1. The smallest absolute Gasteiger partial charge is 0.262 e. The number of benzene rings is 2. The topological polar surface area (TPSA) is 98.2 Å². The summed E-state index contributed by atoms with van der Waals surface area (Å²) in [6, 6.07) is 9.56. The molecule has 0 spiro atoms. The van der Waals surface area contributed by atoms with E-state index in [0.29, 0.717) is 29.4 Å². The largest absolute Gasteiger partial charge is 0.497 e. The molecule has 2 amide bonds. The van der Waals surface area contributed by atoms with Crippen LogP contribution in [0.3, 0.4) is 0 Å². The highest BCUT2D eigenvalue weighted by Gasteiger charge is 2.24. The molecule has 0 saturated heterocycles. The van der Waals surface area contributed by atoms with Gasteiger partial charge in [-0.25, -0.2) is 5.43 Å². The van der Waals surface area contributed by atoms with E-state index in [4.69, 9.17) is 14.2 Å². The minimum Gasteiger partial charge on any atom is -0.497 e. The molecule has 0 aromatic heterocycles. The van der Waals surface area contributed by atoms with Crippen LogP contribution in [-0.4, -0.2) is 44.9 Å². The summed E-state index contributed by atoms with van der Waals surface area (Å²) in [6.07, 6.45) is 1.52. The van der Waals surface area contributed by atoms with E-state index in [1.54, 1.807) is 44.6 Å². The zero-order valence-corrected chi connectivity index (χ0v) is 20.9. The molecule has 0 bridgehead atoms. The molecule has 1 atom stereocenters. The van der Waals surface area contributed by atoms with Crippen molar-refractivity contribution in [3.63, 3.8) is 0 Å². The van der Waals surface area contributed by atoms with Crippen molar-refractivity contribution >= 4 is 40.6 Å². The number of methoxy groups -OCH3 is 2. The molecule has 2 rings (SSSR count). The number of halogens is 1. The average Bonchev–Trinajstić information content (AvgIpc) is 2.77. The van der Waals surface area contributed by atoms with Crippen molar-refractivity contribution < 1.29 is 23.8 Å². The number of nitrogens with one attached hydrogen (secondary N) is 2. The third kappa shape index (κ3) is 6.84. The van der Waals surface area contributed by atoms with Crippen LogP contribution in [0.4, 0.5) is 0 Å². The molecule has 8 nitrogen and oxygen atoms in total. The number of carbonyl (C=O) groups excluding carboxylic acids is 2. The van der Waals surface area contributed by atoms with Crippen molar-refractivity contribution in [2.75, 3.05) is 20.8 Å². The summed E-state index contributed by atoms with van der Waals surface area (Å²) in [6.45, 7) is 6.08. The van der Waals surface area contributed by atoms with Crippen LogP contribution in [0.15, 0.2) is 41.5 Å². The first kappa shape index (κ1) is 25.4. The van der Waals surface area contributed by atoms with E-state index in [0.717, 1.165) is 9.13 Å². The van der Waals surface area contributed by atoms with Gasteiger partial charge in [0.15, 0.2) is 11.5 Å². The second kappa shape index (κ2) is 12.3. The van der Waals surface area contributed by atoms with E-state index in [-0.39, 0.29) is 11.8 Å². The van der Waals surface area contributed by atoms with Crippen LogP contribution in [0.2, 0.25) is 0 Å². The van der Waals surface area contributed by atoms with Crippen molar-refractivity contribution in [1.82, 2.24) is 10.7 Å². The Hall–Kier alpha value is -2.82. The molecule has 2 aromatic rings. The van der Waals surface area contributed by atoms with Gasteiger partial charge < -0.3 is 19.5 Å². The minimum atomic E-state index is -0.753. The number of ether oxygens (including phenoxy) is 3. The second-order valence-corrected chi connectivity index (χ2v) is 8.29. The van der Waals surface area contributed by atoms with Gasteiger partial charge in [-0.05, 0) is 77.4 Å². The van der Waals surface area contributed by atoms with Crippen molar-refractivity contribution in [3.8, 4) is 17.2 Å². The van der Waals surface area contributed by atoms with Crippen LogP contribution in [0.25, 0.3) is 0 Å². The predicted molar refractivity (Wildman–Crippen MR) is 132 cm³/mol. The van der Waals surface area contributed by atoms with Gasteiger partial charge in [-0.15, -0.1) is 0 Å². The maximum absolute atomic E-state index is 12.7. The van der Waals surface area contributed by atoms with Crippen molar-refractivity contribution in [2.24, 2.45) is 11.0 Å². The Morgan fingerprint density at radius 1 is 1.12 bits per heavy atom. The molecule has 0 aliphatic rings. The summed E-state index contributed by atoms with van der Waals surface area (Å²) >= 11 is 2.15. The van der Waals surface area contributed by atoms with Crippen LogP contribution in [0, 0.1) is 9.49 Å². The Morgan fingerprint density at radius 2 is 1.81 bits per heavy atom. The Balaban J connectivity index is 2.08. The minimum absolute atomic E-state index is 0.140. The highest BCUT2D eigenvalue weighted by atomic mass is 127. The average molecular weight is 553 g/mol. The fourth-order valence-electron chi connectivity index (χ4n) is 2.87. The van der Waals surface area contributed by atoms with Gasteiger partial charge in [0.25, 0.3) is 11.8 Å². The number of rotatable bonds is 10. The molecule has 172 valence electrons. The third-order valence-corrected chi connectivity index (χ3v) is 5.31. The van der Waals surface area contributed by atoms with E-state index in [2.05, 4.69) is 38.4 Å². The number of carbonyl (C=O) groups is 2. The lowest BCUT2D eigenvalue weighted by Crippen LogP contribution is -2.48. The summed E-state index contributed by atoms with van der Waals surface area (Å²) in [5, 5.41) is 6.82. The zero-order valence-electron chi connectivity index (χ0n) is 18.8. The first-order valence-corrected chi connectivity index (χ1v) is 11.2. The van der Waals surface area contributed by atoms with Crippen molar-refractivity contribution in [1.29, 1.82) is 0 Å². The molecule has 0 radical (unpaired) electrons. The van der Waals surface area contributed by atoms with E-state index < -0.39 is 11.9 Å². The lowest BCUT2D eigenvalue weighted by atomic mass is 10.0. The number of hydrazone groups is 1. The summed E-state index contributed by atoms with van der Waals surface area (Å²) in [7, 11) is 3.14. The molecule has 0 aliphatic heterocycles. The summed E-state index contributed by atoms with van der Waals surface area (Å²) < 4.78 is 16.9. The van der Waals surface area contributed by atoms with Crippen LogP contribution < -0.4 is 25.0 Å². The predicted octanol–water partition coefficient (Wildman–Crippen LogP) is 3.61. The lowest BCUT2D eigenvalue weighted by Gasteiger charge is -2.20. The number of amides is 2. The molecule has 2 N–H and O–H groups in total. The van der Waals surface area contributed by atoms with Gasteiger partial charge in [-0.1, -0.05) is 13.8 Å². The van der Waals surface area contributed by atoms with E-state index >= 15 is 0 Å². The molecule has 0 fully saturated rings. The quantitative estimate of drug-likeness (QED) is 0.266. The maximum Gasteiger partial charge on any atom is 0.262 e. The molecule has 2 aromatic carbocycles. The van der Waals surface area contributed by atoms with Gasteiger partial charge in [0.05, 0.1) is 30.6 Å². The van der Waals surface area contributed by atoms with Gasteiger partial charge in [0.2, 0.25) is 0 Å². The first-order chi connectivity index (χ1) is 15.3. The van der Waals surface area contributed by atoms with Crippen molar-refractivity contribution in [2.45, 2.75) is 26.8 Å². The Labute approximate surface area is 201 Å². The van der Waals surface area contributed by atoms with Crippen LogP contribution >= 0.6 is 22.6 Å². The van der Waals surface area contributed by atoms with Crippen molar-refractivity contribution in [3.05, 3.63) is 51.1 Å². The molecular weight excluding hydrogens is 525 g/mol. The molecular formula is C23H28IN3O5. The van der Waals surface area contributed by atoms with E-state index in [1.807, 2.05) is 26.8 Å². The highest BCUT2D eigenvalue weighted by Crippen LogP contribution is 2.33. The third-order valence-electron chi connectivity index (χ3n) is 4.51. The SMILES string of the molecule is CCOc1cc(C=NNC(=O)C(NC(=O)c2ccc(OC)cc2)C(C)C)cc(I)c1OC. The lowest BCUT2D eigenvalue weighted by molar-refractivity contribution is -0.123. The fraction of sp³-hybridized carbons (Fsp3) is 0.348.